The van der Waals surface area contributed by atoms with Crippen molar-refractivity contribution in [3.05, 3.63) is 75.8 Å². The third-order valence-electron chi connectivity index (χ3n) is 19.7. The number of nitrogens with two attached hydrogens (primary N) is 1. The maximum absolute atomic E-state index is 13.5. The minimum absolute atomic E-state index is 0.0110. The molecule has 0 aromatic heterocycles. The number of carbonyl (C=O) groups excluding carboxylic acids is 1. The van der Waals surface area contributed by atoms with Crippen LogP contribution in [0.1, 0.15) is 144 Å². The fourth-order valence-corrected chi connectivity index (χ4v) is 18.2. The van der Waals surface area contributed by atoms with Gasteiger partial charge in [0.15, 0.2) is 35.8 Å². The van der Waals surface area contributed by atoms with Gasteiger partial charge in [-0.15, -0.1) is 0 Å². The van der Waals surface area contributed by atoms with Crippen LogP contribution in [0.2, 0.25) is 0 Å². The molecule has 6 bridgehead atoms. The lowest BCUT2D eigenvalue weighted by atomic mass is 9.55. The molecule has 8 aliphatic rings. The Bertz CT molecular complexity index is 2890. The van der Waals surface area contributed by atoms with Crippen LogP contribution >= 0.6 is 21.6 Å². The summed E-state index contributed by atoms with van der Waals surface area (Å²) < 4.78 is 25.9. The number of nitrogens with zero attached hydrogens (tertiary/aromatic N) is 1. The first kappa shape index (κ1) is 60.3. The average Bonchev–Trinajstić information content (AvgIpc) is 4.01. The molecule has 10 N–H and O–H groups in total. The van der Waals surface area contributed by atoms with Crippen molar-refractivity contribution in [1.82, 2.24) is 10.6 Å². The number of nitrogens with one attached hydrogen (secondary N) is 2. The molecule has 3 saturated carbocycles. The number of hydrogen-bond donors (Lipinski definition) is 9. The van der Waals surface area contributed by atoms with E-state index in [9.17, 15) is 35.4 Å². The van der Waals surface area contributed by atoms with Crippen molar-refractivity contribution in [2.24, 2.45) is 51.1 Å². The summed E-state index contributed by atoms with van der Waals surface area (Å²) in [6.45, 7) is 3.64. The van der Waals surface area contributed by atoms with E-state index in [1.807, 2.05) is 12.1 Å². The molecule has 3 fully saturated rings. The molecule has 15 nitrogen and oxygen atoms in total. The van der Waals surface area contributed by atoms with E-state index in [1.54, 1.807) is 46.9 Å². The van der Waals surface area contributed by atoms with Gasteiger partial charge >= 0.3 is 0 Å². The van der Waals surface area contributed by atoms with E-state index in [-0.39, 0.29) is 103 Å². The van der Waals surface area contributed by atoms with E-state index < -0.39 is 36.7 Å². The minimum Gasteiger partial charge on any atom is -0.508 e. The molecule has 0 saturated heterocycles. The Morgan fingerprint density at radius 1 is 0.902 bits per heavy atom. The number of aliphatic hydroxyl groups is 4. The summed E-state index contributed by atoms with van der Waals surface area (Å²) in [5, 5.41) is 73.9. The molecular formula is C65H86N4O11S2. The van der Waals surface area contributed by atoms with E-state index in [2.05, 4.69) is 54.2 Å². The third-order valence-corrected chi connectivity index (χ3v) is 22.2. The number of methoxy groups -OCH3 is 1. The van der Waals surface area contributed by atoms with Gasteiger partial charge in [0.1, 0.15) is 18.3 Å². The maximum atomic E-state index is 13.5. The van der Waals surface area contributed by atoms with E-state index in [1.165, 1.54) is 11.6 Å². The number of ether oxygens (including phenoxy) is 4. The van der Waals surface area contributed by atoms with Gasteiger partial charge in [-0.2, -0.15) is 0 Å². The Balaban J connectivity index is 1.12. The van der Waals surface area contributed by atoms with Crippen LogP contribution in [-0.4, -0.2) is 117 Å². The van der Waals surface area contributed by atoms with Crippen molar-refractivity contribution in [2.45, 2.75) is 178 Å². The first-order chi connectivity index (χ1) is 39.6. The van der Waals surface area contributed by atoms with Gasteiger partial charge in [-0.3, -0.25) is 10.1 Å². The summed E-state index contributed by atoms with van der Waals surface area (Å²) in [5.74, 6) is 16.9. The number of hydrogen-bond acceptors (Lipinski definition) is 17. The second kappa shape index (κ2) is 26.6. The van der Waals surface area contributed by atoms with Gasteiger partial charge in [0.2, 0.25) is 6.29 Å². The Morgan fingerprint density at radius 3 is 2.46 bits per heavy atom. The molecule has 0 amide bonds. The first-order valence-corrected chi connectivity index (χ1v) is 32.5. The van der Waals surface area contributed by atoms with Crippen molar-refractivity contribution >= 4 is 33.3 Å². The van der Waals surface area contributed by atoms with E-state index in [0.29, 0.717) is 71.5 Å². The topological polar surface area (TPSA) is 238 Å². The first-order valence-electron chi connectivity index (χ1n) is 30.0. The molecule has 17 heteroatoms. The molecule has 0 radical (unpaired) electrons. The van der Waals surface area contributed by atoms with Crippen LogP contribution in [-0.2, 0) is 41.6 Å². The van der Waals surface area contributed by atoms with Gasteiger partial charge in [0, 0.05) is 72.8 Å². The summed E-state index contributed by atoms with van der Waals surface area (Å²) >= 11 is 0. The lowest BCUT2D eigenvalue weighted by Gasteiger charge is -2.54. The Morgan fingerprint density at radius 2 is 1.70 bits per heavy atom. The van der Waals surface area contributed by atoms with Gasteiger partial charge in [-0.25, -0.2) is 4.99 Å². The predicted molar refractivity (Wildman–Crippen MR) is 321 cm³/mol. The molecule has 3 aromatic rings. The molecule has 4 aliphatic heterocycles. The number of Topliss-reactive ketones (excluding diaryl/α,β-unsaturated/α-hetero) is 1. The normalized spacial score (nSPS) is 30.7. The van der Waals surface area contributed by atoms with Crippen LogP contribution in [0.15, 0.2) is 47.5 Å². The van der Waals surface area contributed by atoms with Gasteiger partial charge < -0.3 is 60.6 Å². The quantitative estimate of drug-likeness (QED) is 0.0528. The second-order valence-corrected chi connectivity index (χ2v) is 27.8. The number of guanidine groups is 1. The summed E-state index contributed by atoms with van der Waals surface area (Å²) in [6, 6.07) is 12.4. The highest BCUT2D eigenvalue weighted by Crippen LogP contribution is 2.60. The monoisotopic (exact) mass is 1160 g/mol. The lowest BCUT2D eigenvalue weighted by Crippen LogP contribution is -2.59. The number of phenols is 2. The molecular weight excluding hydrogens is 1080 g/mol. The van der Waals surface area contributed by atoms with Gasteiger partial charge in [-0.1, -0.05) is 96.2 Å². The SMILES string of the molecule is CO[C@H](CO)C1(C[C@H]2CC[C@]3(CC[C@H](Cc4ccc(O)cc4)C3)C[C@@]23CC#C[C@H]2NC(N)=N[C@H](C(C)C)CSSC[C@@H]2[C@H]2Cc4c5cc(c(c4O[C@@H]2O)OCN3)CC#Cc2c(ccc(O)c2OCO)CCC(=O)C[C@H](O)CC5)CCCC1. The Labute approximate surface area is 492 Å². The van der Waals surface area contributed by atoms with Crippen LogP contribution in [0.3, 0.4) is 0 Å². The largest absolute Gasteiger partial charge is 0.508 e. The smallest absolute Gasteiger partial charge is 0.201 e. The summed E-state index contributed by atoms with van der Waals surface area (Å²) in [5.41, 5.74) is 10.8. The van der Waals surface area contributed by atoms with Crippen molar-refractivity contribution < 1.29 is 54.4 Å². The van der Waals surface area contributed by atoms with E-state index in [4.69, 9.17) is 29.7 Å². The molecule has 0 unspecified atom stereocenters. The number of carbonyl (C=O) groups is 1. The minimum atomic E-state index is -1.27. The van der Waals surface area contributed by atoms with Crippen molar-refractivity contribution in [2.75, 3.05) is 38.7 Å². The summed E-state index contributed by atoms with van der Waals surface area (Å²) in [6.07, 6.45) is 11.6. The molecule has 444 valence electrons. The lowest BCUT2D eigenvalue weighted by molar-refractivity contribution is -0.121. The summed E-state index contributed by atoms with van der Waals surface area (Å²) in [4.78, 5) is 18.5. The molecule has 4 heterocycles. The number of benzene rings is 3. The van der Waals surface area contributed by atoms with Crippen LogP contribution in [0, 0.1) is 64.1 Å². The number of phenolic OH excluding ortho intramolecular Hbond substituents is 2. The van der Waals surface area contributed by atoms with Crippen LogP contribution < -0.4 is 30.6 Å². The molecule has 82 heavy (non-hydrogen) atoms. The fourth-order valence-electron chi connectivity index (χ4n) is 15.3. The van der Waals surface area contributed by atoms with Crippen LogP contribution in [0.25, 0.3) is 0 Å². The number of aliphatic imine (C=N–C) groups is 1. The van der Waals surface area contributed by atoms with Crippen molar-refractivity contribution in [3.63, 3.8) is 0 Å². The van der Waals surface area contributed by atoms with Gasteiger partial charge in [0.05, 0.1) is 36.5 Å². The predicted octanol–water partition coefficient (Wildman–Crippen LogP) is 8.26. The van der Waals surface area contributed by atoms with Crippen LogP contribution in [0.4, 0.5) is 0 Å². The third kappa shape index (κ3) is 13.5. The van der Waals surface area contributed by atoms with Gasteiger partial charge in [-0.05, 0) is 153 Å². The second-order valence-electron chi connectivity index (χ2n) is 25.2. The van der Waals surface area contributed by atoms with Crippen LogP contribution in [0.5, 0.6) is 28.7 Å². The maximum Gasteiger partial charge on any atom is 0.201 e. The molecule has 11 atom stereocenters. The number of ketones is 1. The zero-order valence-electron chi connectivity index (χ0n) is 48.1. The molecule has 3 aromatic carbocycles. The van der Waals surface area contributed by atoms with Gasteiger partial charge in [0.25, 0.3) is 0 Å². The number of aromatic hydroxyl groups is 2. The molecule has 2 spiro atoms. The van der Waals surface area contributed by atoms with E-state index >= 15 is 0 Å². The zero-order chi connectivity index (χ0) is 57.6. The zero-order valence-corrected chi connectivity index (χ0v) is 49.7. The number of rotatable bonds is 10. The highest BCUT2D eigenvalue weighted by atomic mass is 33.1. The Hall–Kier alpha value is -4.82. The summed E-state index contributed by atoms with van der Waals surface area (Å²) in [7, 11) is 5.25. The number of aryl methyl sites for hydroxylation is 2. The van der Waals surface area contributed by atoms with Crippen molar-refractivity contribution in [1.29, 1.82) is 0 Å². The molecule has 11 rings (SSSR count). The molecule has 4 aliphatic carbocycles. The van der Waals surface area contributed by atoms with E-state index in [0.717, 1.165) is 93.9 Å². The highest BCUT2D eigenvalue weighted by molar-refractivity contribution is 8.76. The number of fused-ring (bicyclic) bond motifs is 7. The average molecular weight is 1160 g/mol. The van der Waals surface area contributed by atoms with Crippen molar-refractivity contribution in [3.8, 4) is 52.4 Å². The standard InChI is InChI=1S/C65H86N4O11S2/c1-40(2)55-36-82-81-35-53-52-31-51-44-14-19-49(74)30-48(73)18-13-43-15-20-56(75)59(79-39-71)50(43)9-6-8-45(29-44)58(60(51)80-61(52)76)78-38-67-65(25-7-10-54(53)68-62(66)69-55)37-63(26-21-42(32-63)28-41-11-16-47(72)17-12-41)27-22-46(65)33-64(23-4-5-24-64)57(34-70)77-3/h11-12,15-17,20,29,40,42,46,49,52-55,57,61,67,70-72,74-76H,4-5,8,13-14,18-19,21-28,30-39H2,1-3H3,(H3,66,68,69)/t42-,46-,49-,52-,53-,54-,55+,57-,61+,63+,65+/m1/s1. The highest BCUT2D eigenvalue weighted by Gasteiger charge is 2.55. The Kier molecular flexibility index (Phi) is 19.6. The fraction of sp³-hybridized carbons (Fsp3) is 0.631. The number of aliphatic hydroxyl groups excluding tert-OH is 4.